The second-order valence-corrected chi connectivity index (χ2v) is 5.87. The highest BCUT2D eigenvalue weighted by Gasteiger charge is 2.08. The normalized spacial score (nSPS) is 12.3. The molecule has 20 heavy (non-hydrogen) atoms. The van der Waals surface area contributed by atoms with Crippen LogP contribution in [0.1, 0.15) is 12.5 Å². The van der Waals surface area contributed by atoms with Crippen molar-refractivity contribution in [2.24, 2.45) is 0 Å². The zero-order chi connectivity index (χ0) is 14.5. The van der Waals surface area contributed by atoms with Gasteiger partial charge in [0.1, 0.15) is 0 Å². The summed E-state index contributed by atoms with van der Waals surface area (Å²) < 4.78 is 0. The van der Waals surface area contributed by atoms with Crippen LogP contribution in [0.25, 0.3) is 0 Å². The monoisotopic (exact) mass is 289 g/mol. The summed E-state index contributed by atoms with van der Waals surface area (Å²) in [5.41, 5.74) is 1.27. The fourth-order valence-corrected chi connectivity index (χ4v) is 2.89. The lowest BCUT2D eigenvalue weighted by molar-refractivity contribution is 0.402. The first kappa shape index (κ1) is 14.8. The van der Waals surface area contributed by atoms with E-state index in [4.69, 9.17) is 0 Å². The maximum absolute atomic E-state index is 9.56. The standard InChI is InChI=1S/C16H19NO2S/c1-11(17-2)9-12-5-3-4-6-16(12)20-13-7-8-14(18)15(19)10-13/h3-8,10-11,17-19H,9H2,1-2H3. The first-order valence-corrected chi connectivity index (χ1v) is 7.37. The smallest absolute Gasteiger partial charge is 0.158 e. The summed E-state index contributed by atoms with van der Waals surface area (Å²) in [5.74, 6) is -0.178. The molecule has 1 atom stereocenters. The van der Waals surface area contributed by atoms with Crippen LogP contribution in [0.15, 0.2) is 52.3 Å². The Bertz CT molecular complexity index is 586. The van der Waals surface area contributed by atoms with E-state index in [2.05, 4.69) is 24.4 Å². The van der Waals surface area contributed by atoms with Crippen LogP contribution in [0, 0.1) is 0 Å². The van der Waals surface area contributed by atoms with E-state index < -0.39 is 0 Å². The predicted octanol–water partition coefficient (Wildman–Crippen LogP) is 3.40. The van der Waals surface area contributed by atoms with E-state index in [-0.39, 0.29) is 11.5 Å². The Hall–Kier alpha value is -1.65. The van der Waals surface area contributed by atoms with Gasteiger partial charge in [-0.15, -0.1) is 0 Å². The van der Waals surface area contributed by atoms with Gasteiger partial charge in [-0.1, -0.05) is 30.0 Å². The molecule has 0 fully saturated rings. The Morgan fingerprint density at radius 1 is 1.10 bits per heavy atom. The third-order valence-electron chi connectivity index (χ3n) is 3.17. The molecule has 0 spiro atoms. The topological polar surface area (TPSA) is 52.5 Å². The number of aromatic hydroxyl groups is 2. The van der Waals surface area contributed by atoms with Gasteiger partial charge in [-0.25, -0.2) is 0 Å². The molecule has 1 unspecified atom stereocenters. The molecule has 2 aromatic rings. The Morgan fingerprint density at radius 2 is 1.85 bits per heavy atom. The van der Waals surface area contributed by atoms with E-state index in [1.54, 1.807) is 23.9 Å². The number of phenolic OH excluding ortho intramolecular Hbond substituents is 2. The van der Waals surface area contributed by atoms with Crippen molar-refractivity contribution in [2.45, 2.75) is 29.2 Å². The summed E-state index contributed by atoms with van der Waals surface area (Å²) in [7, 11) is 1.96. The maximum Gasteiger partial charge on any atom is 0.158 e. The third kappa shape index (κ3) is 3.68. The van der Waals surface area contributed by atoms with Gasteiger partial charge < -0.3 is 15.5 Å². The number of hydrogen-bond donors (Lipinski definition) is 3. The average molecular weight is 289 g/mol. The molecule has 106 valence electrons. The highest BCUT2D eigenvalue weighted by Crippen LogP contribution is 2.35. The molecule has 4 heteroatoms. The van der Waals surface area contributed by atoms with Gasteiger partial charge in [-0.2, -0.15) is 0 Å². The first-order valence-electron chi connectivity index (χ1n) is 6.55. The van der Waals surface area contributed by atoms with Gasteiger partial charge in [0.2, 0.25) is 0 Å². The first-order chi connectivity index (χ1) is 9.60. The molecule has 3 N–H and O–H groups in total. The van der Waals surface area contributed by atoms with Gasteiger partial charge in [-0.3, -0.25) is 0 Å². The van der Waals surface area contributed by atoms with Crippen LogP contribution in [-0.4, -0.2) is 23.3 Å². The number of phenols is 2. The summed E-state index contributed by atoms with van der Waals surface area (Å²) in [6.07, 6.45) is 0.948. The van der Waals surface area contributed by atoms with Crippen molar-refractivity contribution in [3.05, 3.63) is 48.0 Å². The molecule has 0 amide bonds. The molecule has 2 aromatic carbocycles. The minimum Gasteiger partial charge on any atom is -0.504 e. The van der Waals surface area contributed by atoms with Crippen LogP contribution in [0.4, 0.5) is 0 Å². The van der Waals surface area contributed by atoms with Gasteiger partial charge >= 0.3 is 0 Å². The van der Waals surface area contributed by atoms with Gasteiger partial charge in [0.15, 0.2) is 11.5 Å². The molecule has 0 saturated carbocycles. The van der Waals surface area contributed by atoms with E-state index >= 15 is 0 Å². The van der Waals surface area contributed by atoms with Crippen LogP contribution >= 0.6 is 11.8 Å². The molecule has 0 bridgehead atoms. The van der Waals surface area contributed by atoms with Crippen molar-refractivity contribution in [3.63, 3.8) is 0 Å². The molecule has 0 aliphatic rings. The molecule has 0 heterocycles. The molecule has 0 saturated heterocycles. The average Bonchev–Trinajstić information content (AvgIpc) is 2.45. The number of nitrogens with one attached hydrogen (secondary N) is 1. The number of likely N-dealkylation sites (N-methyl/N-ethyl adjacent to an activating group) is 1. The Labute approximate surface area is 123 Å². The van der Waals surface area contributed by atoms with Crippen LogP contribution < -0.4 is 5.32 Å². The van der Waals surface area contributed by atoms with Gasteiger partial charge in [-0.05, 0) is 50.2 Å². The molecule has 0 radical (unpaired) electrons. The molecule has 2 rings (SSSR count). The summed E-state index contributed by atoms with van der Waals surface area (Å²) in [4.78, 5) is 2.07. The van der Waals surface area contributed by atoms with Crippen LogP contribution in [0.2, 0.25) is 0 Å². The lowest BCUT2D eigenvalue weighted by atomic mass is 10.1. The Balaban J connectivity index is 2.22. The van der Waals surface area contributed by atoms with Crippen molar-refractivity contribution in [3.8, 4) is 11.5 Å². The van der Waals surface area contributed by atoms with Crippen molar-refractivity contribution in [1.29, 1.82) is 0 Å². The van der Waals surface area contributed by atoms with Crippen molar-refractivity contribution in [2.75, 3.05) is 7.05 Å². The van der Waals surface area contributed by atoms with Gasteiger partial charge in [0.25, 0.3) is 0 Å². The number of hydrogen-bond acceptors (Lipinski definition) is 4. The SMILES string of the molecule is CNC(C)Cc1ccccc1Sc1ccc(O)c(O)c1. The van der Waals surface area contributed by atoms with E-state index in [1.807, 2.05) is 19.2 Å². The van der Waals surface area contributed by atoms with E-state index in [0.717, 1.165) is 11.3 Å². The molecule has 3 nitrogen and oxygen atoms in total. The van der Waals surface area contributed by atoms with Gasteiger partial charge in [0, 0.05) is 15.8 Å². The quantitative estimate of drug-likeness (QED) is 0.738. The minimum absolute atomic E-state index is 0.0870. The highest BCUT2D eigenvalue weighted by molar-refractivity contribution is 7.99. The van der Waals surface area contributed by atoms with E-state index in [1.165, 1.54) is 16.5 Å². The van der Waals surface area contributed by atoms with Crippen LogP contribution in [0.3, 0.4) is 0 Å². The Morgan fingerprint density at radius 3 is 2.55 bits per heavy atom. The maximum atomic E-state index is 9.56. The lowest BCUT2D eigenvalue weighted by Crippen LogP contribution is -2.23. The minimum atomic E-state index is -0.0913. The highest BCUT2D eigenvalue weighted by atomic mass is 32.2. The summed E-state index contributed by atoms with van der Waals surface area (Å²) in [6.45, 7) is 2.15. The van der Waals surface area contributed by atoms with E-state index in [9.17, 15) is 10.2 Å². The largest absolute Gasteiger partial charge is 0.504 e. The molecular weight excluding hydrogens is 270 g/mol. The Kier molecular flexibility index (Phi) is 4.93. The molecular formula is C16H19NO2S. The number of rotatable bonds is 5. The molecule has 0 aliphatic carbocycles. The molecule has 0 aromatic heterocycles. The fraction of sp³-hybridized carbons (Fsp3) is 0.250. The van der Waals surface area contributed by atoms with Crippen molar-refractivity contribution in [1.82, 2.24) is 5.32 Å². The zero-order valence-electron chi connectivity index (χ0n) is 11.6. The van der Waals surface area contributed by atoms with E-state index in [0.29, 0.717) is 6.04 Å². The summed E-state index contributed by atoms with van der Waals surface area (Å²) in [6, 6.07) is 13.5. The third-order valence-corrected chi connectivity index (χ3v) is 4.27. The van der Waals surface area contributed by atoms with Crippen molar-refractivity contribution < 1.29 is 10.2 Å². The summed E-state index contributed by atoms with van der Waals surface area (Å²) in [5, 5.41) is 22.1. The van der Waals surface area contributed by atoms with Crippen molar-refractivity contribution >= 4 is 11.8 Å². The zero-order valence-corrected chi connectivity index (χ0v) is 12.4. The summed E-state index contributed by atoms with van der Waals surface area (Å²) >= 11 is 1.59. The van der Waals surface area contributed by atoms with Gasteiger partial charge in [0.05, 0.1) is 0 Å². The fourth-order valence-electron chi connectivity index (χ4n) is 1.90. The number of benzene rings is 2. The van der Waals surface area contributed by atoms with Crippen LogP contribution in [-0.2, 0) is 6.42 Å². The predicted molar refractivity (Wildman–Crippen MR) is 82.6 cm³/mol. The van der Waals surface area contributed by atoms with Crippen LogP contribution in [0.5, 0.6) is 11.5 Å². The lowest BCUT2D eigenvalue weighted by Gasteiger charge is -2.14. The second kappa shape index (κ2) is 6.68. The second-order valence-electron chi connectivity index (χ2n) is 4.75. The molecule has 0 aliphatic heterocycles.